The van der Waals surface area contributed by atoms with Crippen molar-refractivity contribution in [2.75, 3.05) is 11.9 Å². The highest BCUT2D eigenvalue weighted by atomic mass is 16.2. The van der Waals surface area contributed by atoms with Crippen LogP contribution < -0.4 is 5.32 Å². The van der Waals surface area contributed by atoms with E-state index in [9.17, 15) is 14.4 Å². The van der Waals surface area contributed by atoms with Crippen molar-refractivity contribution in [3.05, 3.63) is 47.2 Å². The van der Waals surface area contributed by atoms with Crippen LogP contribution in [-0.4, -0.2) is 38.9 Å². The van der Waals surface area contributed by atoms with Crippen LogP contribution in [0.15, 0.2) is 30.3 Å². The van der Waals surface area contributed by atoms with Crippen LogP contribution in [0.3, 0.4) is 0 Å². The maximum absolute atomic E-state index is 13.0. The van der Waals surface area contributed by atoms with Gasteiger partial charge in [-0.15, -0.1) is 0 Å². The second-order valence-corrected chi connectivity index (χ2v) is 7.70. The van der Waals surface area contributed by atoms with E-state index >= 15 is 0 Å². The van der Waals surface area contributed by atoms with Crippen molar-refractivity contribution >= 4 is 23.5 Å². The fourth-order valence-electron chi connectivity index (χ4n) is 4.36. The Morgan fingerprint density at radius 2 is 1.79 bits per heavy atom. The molecule has 7 nitrogen and oxygen atoms in total. The Bertz CT molecular complexity index is 914. The van der Waals surface area contributed by atoms with E-state index in [-0.39, 0.29) is 36.1 Å². The smallest absolute Gasteiger partial charge is 0.261 e. The minimum Gasteiger partial charge on any atom is -0.311 e. The van der Waals surface area contributed by atoms with Crippen LogP contribution >= 0.6 is 0 Å². The summed E-state index contributed by atoms with van der Waals surface area (Å²) >= 11 is 0. The molecule has 28 heavy (non-hydrogen) atoms. The number of carbonyl (C=O) groups is 3. The molecule has 2 aromatic rings. The monoisotopic (exact) mass is 380 g/mol. The number of aromatic nitrogens is 2. The number of imide groups is 1. The summed E-state index contributed by atoms with van der Waals surface area (Å²) in [6, 6.07) is 8.73. The topological polar surface area (TPSA) is 84.3 Å². The van der Waals surface area contributed by atoms with Gasteiger partial charge in [-0.1, -0.05) is 25.0 Å². The predicted molar refractivity (Wildman–Crippen MR) is 104 cm³/mol. The normalized spacial score (nSPS) is 21.7. The van der Waals surface area contributed by atoms with E-state index in [0.717, 1.165) is 31.4 Å². The van der Waals surface area contributed by atoms with Gasteiger partial charge in [0.25, 0.3) is 11.8 Å². The van der Waals surface area contributed by atoms with E-state index in [2.05, 4.69) is 10.4 Å². The molecule has 0 spiro atoms. The summed E-state index contributed by atoms with van der Waals surface area (Å²) in [4.78, 5) is 39.6. The number of hydrogen-bond donors (Lipinski definition) is 1. The molecule has 1 saturated carbocycles. The molecule has 1 N–H and O–H groups in total. The van der Waals surface area contributed by atoms with Crippen LogP contribution in [0.4, 0.5) is 5.82 Å². The molecule has 1 aromatic heterocycles. The van der Waals surface area contributed by atoms with E-state index in [1.54, 1.807) is 36.0 Å². The molecule has 0 saturated heterocycles. The zero-order chi connectivity index (χ0) is 19.8. The second-order valence-electron chi connectivity index (χ2n) is 7.70. The van der Waals surface area contributed by atoms with Crippen LogP contribution in [0.2, 0.25) is 0 Å². The highest BCUT2D eigenvalue weighted by Crippen LogP contribution is 2.34. The third-order valence-corrected chi connectivity index (χ3v) is 5.79. The van der Waals surface area contributed by atoms with E-state index in [1.807, 2.05) is 13.0 Å². The number of amides is 3. The molecular weight excluding hydrogens is 356 g/mol. The molecule has 1 fully saturated rings. The average Bonchev–Trinajstić information content (AvgIpc) is 3.13. The number of anilines is 1. The van der Waals surface area contributed by atoms with Crippen LogP contribution in [0.25, 0.3) is 0 Å². The Labute approximate surface area is 163 Å². The molecule has 2 heterocycles. The van der Waals surface area contributed by atoms with Gasteiger partial charge in [-0.05, 0) is 37.8 Å². The maximum atomic E-state index is 13.0. The SMILES string of the molecule is Cc1cc(NC(=O)C2CCCCC2CN2C(=O)c3ccccc3C2=O)n(C)n1. The number of aryl methyl sites for hydroxylation is 2. The molecule has 0 bridgehead atoms. The van der Waals surface area contributed by atoms with Gasteiger partial charge in [0.15, 0.2) is 0 Å². The van der Waals surface area contributed by atoms with Gasteiger partial charge < -0.3 is 5.32 Å². The van der Waals surface area contributed by atoms with E-state index < -0.39 is 0 Å². The van der Waals surface area contributed by atoms with Gasteiger partial charge in [0.1, 0.15) is 5.82 Å². The Balaban J connectivity index is 1.50. The van der Waals surface area contributed by atoms with Gasteiger partial charge in [-0.25, -0.2) is 0 Å². The van der Waals surface area contributed by atoms with Crippen molar-refractivity contribution in [2.24, 2.45) is 18.9 Å². The predicted octanol–water partition coefficient (Wildman–Crippen LogP) is 2.77. The molecular formula is C21H24N4O3. The lowest BCUT2D eigenvalue weighted by molar-refractivity contribution is -0.122. The standard InChI is InChI=1S/C21H24N4O3/c1-13-11-18(24(2)23-13)22-19(26)15-8-4-3-7-14(15)12-25-20(27)16-9-5-6-10-17(16)21(25)28/h5-6,9-11,14-15H,3-4,7-8,12H2,1-2H3,(H,22,26). The van der Waals surface area contributed by atoms with E-state index in [0.29, 0.717) is 16.9 Å². The Morgan fingerprint density at radius 3 is 2.39 bits per heavy atom. The lowest BCUT2D eigenvalue weighted by atomic mass is 9.78. The first kappa shape index (κ1) is 18.4. The van der Waals surface area contributed by atoms with Gasteiger partial charge in [0.2, 0.25) is 5.91 Å². The van der Waals surface area contributed by atoms with Crippen molar-refractivity contribution < 1.29 is 14.4 Å². The van der Waals surface area contributed by atoms with Crippen LogP contribution in [0.1, 0.15) is 52.1 Å². The largest absolute Gasteiger partial charge is 0.311 e. The minimum absolute atomic E-state index is 0.0368. The molecule has 1 aromatic carbocycles. The number of fused-ring (bicyclic) bond motifs is 1. The van der Waals surface area contributed by atoms with Gasteiger partial charge in [-0.2, -0.15) is 5.10 Å². The Morgan fingerprint density at radius 1 is 1.14 bits per heavy atom. The number of nitrogens with zero attached hydrogens (tertiary/aromatic N) is 3. The summed E-state index contributed by atoms with van der Waals surface area (Å²) in [7, 11) is 1.79. The lowest BCUT2D eigenvalue weighted by Crippen LogP contribution is -2.41. The van der Waals surface area contributed by atoms with Crippen LogP contribution in [0, 0.1) is 18.8 Å². The molecule has 1 aliphatic heterocycles. The molecule has 1 aliphatic carbocycles. The molecule has 2 unspecified atom stereocenters. The third kappa shape index (κ3) is 3.21. The third-order valence-electron chi connectivity index (χ3n) is 5.79. The summed E-state index contributed by atoms with van der Waals surface area (Å²) < 4.78 is 1.65. The highest BCUT2D eigenvalue weighted by Gasteiger charge is 2.40. The second kappa shape index (κ2) is 7.22. The number of benzene rings is 1. The highest BCUT2D eigenvalue weighted by molar-refractivity contribution is 6.21. The summed E-state index contributed by atoms with van der Waals surface area (Å²) in [6.45, 7) is 2.16. The molecule has 4 rings (SSSR count). The molecule has 7 heteroatoms. The van der Waals surface area contributed by atoms with Crippen molar-refractivity contribution in [3.8, 4) is 0 Å². The molecule has 3 amide bonds. The number of rotatable bonds is 4. The average molecular weight is 380 g/mol. The van der Waals surface area contributed by atoms with Gasteiger partial charge in [-0.3, -0.25) is 24.0 Å². The Kier molecular flexibility index (Phi) is 4.75. The van der Waals surface area contributed by atoms with E-state index in [4.69, 9.17) is 0 Å². The van der Waals surface area contributed by atoms with Gasteiger partial charge in [0.05, 0.1) is 16.8 Å². The molecule has 2 atom stereocenters. The number of hydrogen-bond acceptors (Lipinski definition) is 4. The summed E-state index contributed by atoms with van der Waals surface area (Å²) in [5.74, 6) is -0.185. The van der Waals surface area contributed by atoms with Gasteiger partial charge in [0, 0.05) is 25.6 Å². The fraction of sp³-hybridized carbons (Fsp3) is 0.429. The fourth-order valence-corrected chi connectivity index (χ4v) is 4.36. The zero-order valence-corrected chi connectivity index (χ0v) is 16.1. The number of carbonyl (C=O) groups excluding carboxylic acids is 3. The lowest BCUT2D eigenvalue weighted by Gasteiger charge is -2.32. The molecule has 2 aliphatic rings. The van der Waals surface area contributed by atoms with Crippen molar-refractivity contribution in [1.29, 1.82) is 0 Å². The van der Waals surface area contributed by atoms with Crippen molar-refractivity contribution in [3.63, 3.8) is 0 Å². The first-order valence-electron chi connectivity index (χ1n) is 9.72. The summed E-state index contributed by atoms with van der Waals surface area (Å²) in [5.41, 5.74) is 1.74. The van der Waals surface area contributed by atoms with Crippen molar-refractivity contribution in [2.45, 2.75) is 32.6 Å². The maximum Gasteiger partial charge on any atom is 0.261 e. The van der Waals surface area contributed by atoms with Crippen molar-refractivity contribution in [1.82, 2.24) is 14.7 Å². The Hall–Kier alpha value is -2.96. The molecule has 0 radical (unpaired) electrons. The quantitative estimate of drug-likeness (QED) is 0.827. The zero-order valence-electron chi connectivity index (χ0n) is 16.1. The first-order chi connectivity index (χ1) is 13.5. The van der Waals surface area contributed by atoms with E-state index in [1.165, 1.54) is 4.90 Å². The first-order valence-corrected chi connectivity index (χ1v) is 9.72. The summed E-state index contributed by atoms with van der Waals surface area (Å²) in [5, 5.41) is 7.23. The number of nitrogens with one attached hydrogen (secondary N) is 1. The minimum atomic E-state index is -0.257. The van der Waals surface area contributed by atoms with Crippen LogP contribution in [-0.2, 0) is 11.8 Å². The summed E-state index contributed by atoms with van der Waals surface area (Å²) in [6.07, 6.45) is 3.57. The van der Waals surface area contributed by atoms with Crippen LogP contribution in [0.5, 0.6) is 0 Å². The molecule has 146 valence electrons. The van der Waals surface area contributed by atoms with Gasteiger partial charge >= 0.3 is 0 Å².